The molecule has 0 heterocycles. The second kappa shape index (κ2) is 4.84. The lowest BCUT2D eigenvalue weighted by atomic mass is 9.69. The lowest BCUT2D eigenvalue weighted by Crippen LogP contribution is -2.48. The predicted molar refractivity (Wildman–Crippen MR) is 82.6 cm³/mol. The van der Waals surface area contributed by atoms with Crippen LogP contribution in [0.3, 0.4) is 0 Å². The second-order valence-electron chi connectivity index (χ2n) is 7.48. The lowest BCUT2D eigenvalue weighted by molar-refractivity contribution is -0.131. The van der Waals surface area contributed by atoms with E-state index < -0.39 is 6.10 Å². The van der Waals surface area contributed by atoms with Crippen LogP contribution in [0, 0.1) is 16.7 Å². The van der Waals surface area contributed by atoms with E-state index in [1.165, 1.54) is 6.42 Å². The standard InChI is InChI=1S/C18H25NO2/c1-17(2)13-9-10-18(17,3)14(11-13)19-16(21)15(20)12-7-5-4-6-8-12/h4-8,13-15,20H,9-11H2,1-3H3,(H,19,21)/t13?,14?,15-,18?/m0/s1. The predicted octanol–water partition coefficient (Wildman–Crippen LogP) is 3.05. The van der Waals surface area contributed by atoms with Gasteiger partial charge < -0.3 is 10.4 Å². The van der Waals surface area contributed by atoms with Crippen LogP contribution in [0.15, 0.2) is 30.3 Å². The van der Waals surface area contributed by atoms with Gasteiger partial charge in [0, 0.05) is 6.04 Å². The number of amides is 1. The third kappa shape index (κ3) is 2.10. The number of hydrogen-bond donors (Lipinski definition) is 2. The third-order valence-electron chi connectivity index (χ3n) is 6.47. The molecule has 2 saturated carbocycles. The number of benzene rings is 1. The molecule has 3 rings (SSSR count). The van der Waals surface area contributed by atoms with Crippen molar-refractivity contribution in [2.75, 3.05) is 0 Å². The minimum absolute atomic E-state index is 0.143. The number of hydrogen-bond acceptors (Lipinski definition) is 2. The highest BCUT2D eigenvalue weighted by Gasteiger charge is 2.61. The van der Waals surface area contributed by atoms with E-state index in [4.69, 9.17) is 0 Å². The van der Waals surface area contributed by atoms with Crippen LogP contribution in [-0.4, -0.2) is 17.1 Å². The summed E-state index contributed by atoms with van der Waals surface area (Å²) in [6, 6.07) is 9.32. The number of aliphatic hydroxyl groups is 1. The zero-order chi connectivity index (χ0) is 15.3. The topological polar surface area (TPSA) is 49.3 Å². The Morgan fingerprint density at radius 2 is 1.95 bits per heavy atom. The highest BCUT2D eigenvalue weighted by molar-refractivity contribution is 5.82. The minimum Gasteiger partial charge on any atom is -0.378 e. The number of nitrogens with one attached hydrogen (secondary N) is 1. The van der Waals surface area contributed by atoms with Crippen molar-refractivity contribution in [3.8, 4) is 0 Å². The van der Waals surface area contributed by atoms with Gasteiger partial charge >= 0.3 is 0 Å². The van der Waals surface area contributed by atoms with E-state index in [9.17, 15) is 9.90 Å². The normalized spacial score (nSPS) is 34.7. The highest BCUT2D eigenvalue weighted by atomic mass is 16.3. The van der Waals surface area contributed by atoms with E-state index in [-0.39, 0.29) is 22.8 Å². The molecule has 1 aromatic rings. The maximum atomic E-state index is 12.4. The van der Waals surface area contributed by atoms with Crippen molar-refractivity contribution in [1.82, 2.24) is 5.32 Å². The Kier molecular flexibility index (Phi) is 3.36. The largest absolute Gasteiger partial charge is 0.378 e. The van der Waals surface area contributed by atoms with Gasteiger partial charge in [-0.2, -0.15) is 0 Å². The van der Waals surface area contributed by atoms with Crippen molar-refractivity contribution < 1.29 is 9.90 Å². The summed E-state index contributed by atoms with van der Waals surface area (Å²) in [5.41, 5.74) is 1.06. The van der Waals surface area contributed by atoms with Gasteiger partial charge in [0.05, 0.1) is 0 Å². The molecule has 0 radical (unpaired) electrons. The Balaban J connectivity index is 1.72. The molecule has 0 aliphatic heterocycles. The minimum atomic E-state index is -1.07. The molecule has 2 aliphatic carbocycles. The number of carbonyl (C=O) groups is 1. The molecule has 2 N–H and O–H groups in total. The summed E-state index contributed by atoms with van der Waals surface area (Å²) in [5, 5.41) is 13.3. The van der Waals surface area contributed by atoms with Gasteiger partial charge in [0.15, 0.2) is 6.10 Å². The number of aliphatic hydroxyl groups excluding tert-OH is 1. The molecule has 114 valence electrons. The summed E-state index contributed by atoms with van der Waals surface area (Å²) in [7, 11) is 0. The molecule has 2 bridgehead atoms. The van der Waals surface area contributed by atoms with Crippen molar-refractivity contribution in [3.05, 3.63) is 35.9 Å². The third-order valence-corrected chi connectivity index (χ3v) is 6.47. The Morgan fingerprint density at radius 3 is 2.48 bits per heavy atom. The monoisotopic (exact) mass is 287 g/mol. The number of carbonyl (C=O) groups excluding carboxylic acids is 1. The average molecular weight is 287 g/mol. The van der Waals surface area contributed by atoms with Crippen LogP contribution in [0.4, 0.5) is 0 Å². The Labute approximate surface area is 126 Å². The molecule has 1 amide bonds. The molecule has 3 unspecified atom stereocenters. The van der Waals surface area contributed by atoms with E-state index in [1.807, 2.05) is 18.2 Å². The molecule has 4 atom stereocenters. The fourth-order valence-electron chi connectivity index (χ4n) is 4.46. The van der Waals surface area contributed by atoms with Gasteiger partial charge in [-0.25, -0.2) is 0 Å². The van der Waals surface area contributed by atoms with Crippen LogP contribution in [0.5, 0.6) is 0 Å². The maximum Gasteiger partial charge on any atom is 0.253 e. The van der Waals surface area contributed by atoms with Gasteiger partial charge in [-0.15, -0.1) is 0 Å². The van der Waals surface area contributed by atoms with Gasteiger partial charge in [-0.3, -0.25) is 4.79 Å². The average Bonchev–Trinajstić information content (AvgIpc) is 2.80. The smallest absolute Gasteiger partial charge is 0.253 e. The van der Waals surface area contributed by atoms with Crippen LogP contribution in [-0.2, 0) is 4.79 Å². The first kappa shape index (κ1) is 14.6. The molecule has 0 aromatic heterocycles. The maximum absolute atomic E-state index is 12.4. The van der Waals surface area contributed by atoms with Crippen LogP contribution in [0.2, 0.25) is 0 Å². The fraction of sp³-hybridized carbons (Fsp3) is 0.611. The molecular formula is C18H25NO2. The van der Waals surface area contributed by atoms with Crippen LogP contribution in [0.25, 0.3) is 0 Å². The zero-order valence-corrected chi connectivity index (χ0v) is 13.1. The summed E-state index contributed by atoms with van der Waals surface area (Å²) in [6.07, 6.45) is 2.39. The van der Waals surface area contributed by atoms with Crippen molar-refractivity contribution in [2.24, 2.45) is 16.7 Å². The van der Waals surface area contributed by atoms with Crippen LogP contribution >= 0.6 is 0 Å². The second-order valence-corrected chi connectivity index (χ2v) is 7.48. The molecular weight excluding hydrogens is 262 g/mol. The molecule has 3 nitrogen and oxygen atoms in total. The van der Waals surface area contributed by atoms with Crippen molar-refractivity contribution in [3.63, 3.8) is 0 Å². The van der Waals surface area contributed by atoms with Crippen LogP contribution in [0.1, 0.15) is 51.7 Å². The summed E-state index contributed by atoms with van der Waals surface area (Å²) in [6.45, 7) is 6.94. The number of fused-ring (bicyclic) bond motifs is 2. The first-order chi connectivity index (χ1) is 9.86. The van der Waals surface area contributed by atoms with Crippen molar-refractivity contribution >= 4 is 5.91 Å². The Hall–Kier alpha value is -1.35. The zero-order valence-electron chi connectivity index (χ0n) is 13.1. The van der Waals surface area contributed by atoms with Gasteiger partial charge in [0.1, 0.15) is 0 Å². The Morgan fingerprint density at radius 1 is 1.29 bits per heavy atom. The van der Waals surface area contributed by atoms with E-state index >= 15 is 0 Å². The molecule has 0 spiro atoms. The molecule has 3 heteroatoms. The lowest BCUT2D eigenvalue weighted by Gasteiger charge is -2.39. The molecule has 0 saturated heterocycles. The fourth-order valence-corrected chi connectivity index (χ4v) is 4.46. The van der Waals surface area contributed by atoms with E-state index in [2.05, 4.69) is 26.1 Å². The molecule has 2 aliphatic rings. The van der Waals surface area contributed by atoms with Gasteiger partial charge in [-0.1, -0.05) is 51.1 Å². The summed E-state index contributed by atoms with van der Waals surface area (Å²) >= 11 is 0. The van der Waals surface area contributed by atoms with Gasteiger partial charge in [0.25, 0.3) is 5.91 Å². The summed E-state index contributed by atoms with van der Waals surface area (Å²) < 4.78 is 0. The molecule has 1 aromatic carbocycles. The van der Waals surface area contributed by atoms with Gasteiger partial charge in [-0.05, 0) is 41.6 Å². The Bertz CT molecular complexity index is 539. The van der Waals surface area contributed by atoms with Crippen molar-refractivity contribution in [1.29, 1.82) is 0 Å². The van der Waals surface area contributed by atoms with E-state index in [1.54, 1.807) is 12.1 Å². The van der Waals surface area contributed by atoms with E-state index in [0.29, 0.717) is 11.5 Å². The molecule has 2 fully saturated rings. The van der Waals surface area contributed by atoms with Crippen molar-refractivity contribution in [2.45, 2.75) is 52.2 Å². The summed E-state index contributed by atoms with van der Waals surface area (Å²) in [4.78, 5) is 12.4. The summed E-state index contributed by atoms with van der Waals surface area (Å²) in [5.74, 6) is 0.414. The first-order valence-electron chi connectivity index (χ1n) is 7.89. The van der Waals surface area contributed by atoms with Gasteiger partial charge in [0.2, 0.25) is 0 Å². The highest BCUT2D eigenvalue weighted by Crippen LogP contribution is 2.65. The first-order valence-corrected chi connectivity index (χ1v) is 7.89. The van der Waals surface area contributed by atoms with E-state index in [0.717, 1.165) is 12.8 Å². The quantitative estimate of drug-likeness (QED) is 0.897. The van der Waals surface area contributed by atoms with Crippen LogP contribution < -0.4 is 5.32 Å². The number of rotatable bonds is 3. The SMILES string of the molecule is CC1(C)C2CCC1(C)C(NC(=O)[C@@H](O)c1ccccc1)C2. The molecule has 21 heavy (non-hydrogen) atoms.